The molecule has 0 unspecified atom stereocenters. The fraction of sp³-hybridized carbons (Fsp3) is 0. The van der Waals surface area contributed by atoms with Crippen LogP contribution in [0.5, 0.6) is 0 Å². The molecule has 0 aliphatic carbocycles. The second-order valence-corrected chi connectivity index (χ2v) is 6.50. The smallest absolute Gasteiger partial charge is 0.264 e. The first-order chi connectivity index (χ1) is 14.2. The van der Waals surface area contributed by atoms with E-state index in [1.54, 1.807) is 16.8 Å². The summed E-state index contributed by atoms with van der Waals surface area (Å²) < 4.78 is 1.64. The Morgan fingerprint density at radius 3 is 2.31 bits per heavy atom. The lowest BCUT2D eigenvalue weighted by Gasteiger charge is -2.05. The highest BCUT2D eigenvalue weighted by Crippen LogP contribution is 2.21. The number of amides is 1. The zero-order valence-electron chi connectivity index (χ0n) is 15.2. The SMILES string of the molecule is O=C(NN=Cc1ccccc1Cl)c1nc(-c2ccccc2)n(-c2ccccc2)n1. The van der Waals surface area contributed by atoms with E-state index in [1.165, 1.54) is 6.21 Å². The van der Waals surface area contributed by atoms with Crippen molar-refractivity contribution in [3.63, 3.8) is 0 Å². The highest BCUT2D eigenvalue weighted by Gasteiger charge is 2.18. The van der Waals surface area contributed by atoms with E-state index in [9.17, 15) is 4.79 Å². The summed E-state index contributed by atoms with van der Waals surface area (Å²) in [5, 5.41) is 8.90. The second-order valence-electron chi connectivity index (χ2n) is 6.09. The Labute approximate surface area is 172 Å². The number of hydrazone groups is 1. The van der Waals surface area contributed by atoms with E-state index in [-0.39, 0.29) is 5.82 Å². The first-order valence-corrected chi connectivity index (χ1v) is 9.26. The maximum atomic E-state index is 12.6. The Balaban J connectivity index is 1.63. The Bertz CT molecular complexity index is 1100. The van der Waals surface area contributed by atoms with Gasteiger partial charge in [0.05, 0.1) is 11.9 Å². The third-order valence-electron chi connectivity index (χ3n) is 4.12. The molecule has 0 saturated heterocycles. The fourth-order valence-corrected chi connectivity index (χ4v) is 2.91. The van der Waals surface area contributed by atoms with Crippen LogP contribution in [0.2, 0.25) is 5.02 Å². The number of carbonyl (C=O) groups is 1. The van der Waals surface area contributed by atoms with Crippen molar-refractivity contribution in [2.24, 2.45) is 5.10 Å². The second kappa shape index (κ2) is 8.50. The van der Waals surface area contributed by atoms with Crippen molar-refractivity contribution in [2.75, 3.05) is 0 Å². The lowest BCUT2D eigenvalue weighted by Crippen LogP contribution is -2.19. The molecule has 4 aromatic rings. The van der Waals surface area contributed by atoms with Crippen LogP contribution in [-0.2, 0) is 0 Å². The zero-order valence-corrected chi connectivity index (χ0v) is 16.0. The molecule has 3 aromatic carbocycles. The van der Waals surface area contributed by atoms with Gasteiger partial charge in [0, 0.05) is 16.1 Å². The van der Waals surface area contributed by atoms with Crippen molar-refractivity contribution in [1.29, 1.82) is 0 Å². The van der Waals surface area contributed by atoms with E-state index in [0.29, 0.717) is 16.4 Å². The Morgan fingerprint density at radius 2 is 1.59 bits per heavy atom. The predicted molar refractivity (Wildman–Crippen MR) is 113 cm³/mol. The van der Waals surface area contributed by atoms with Crippen LogP contribution in [0.3, 0.4) is 0 Å². The van der Waals surface area contributed by atoms with Crippen LogP contribution in [0, 0.1) is 0 Å². The molecule has 0 aliphatic heterocycles. The monoisotopic (exact) mass is 401 g/mol. The molecule has 0 aliphatic rings. The van der Waals surface area contributed by atoms with E-state index >= 15 is 0 Å². The summed E-state index contributed by atoms with van der Waals surface area (Å²) in [7, 11) is 0. The number of aromatic nitrogens is 3. The molecule has 0 fully saturated rings. The molecular weight excluding hydrogens is 386 g/mol. The summed E-state index contributed by atoms with van der Waals surface area (Å²) in [4.78, 5) is 17.0. The van der Waals surface area contributed by atoms with Crippen molar-refractivity contribution in [2.45, 2.75) is 0 Å². The largest absolute Gasteiger partial charge is 0.311 e. The molecule has 0 atom stereocenters. The number of hydrogen-bond acceptors (Lipinski definition) is 4. The van der Waals surface area contributed by atoms with Gasteiger partial charge in [-0.05, 0) is 18.2 Å². The lowest BCUT2D eigenvalue weighted by molar-refractivity contribution is 0.0945. The molecule has 1 N–H and O–H groups in total. The molecule has 6 nitrogen and oxygen atoms in total. The number of halogens is 1. The minimum Gasteiger partial charge on any atom is -0.264 e. The summed E-state index contributed by atoms with van der Waals surface area (Å²) >= 11 is 6.08. The van der Waals surface area contributed by atoms with E-state index in [0.717, 1.165) is 11.3 Å². The third-order valence-corrected chi connectivity index (χ3v) is 4.46. The van der Waals surface area contributed by atoms with Gasteiger partial charge in [0.25, 0.3) is 0 Å². The summed E-state index contributed by atoms with van der Waals surface area (Å²) in [5.41, 5.74) is 4.80. The van der Waals surface area contributed by atoms with Crippen LogP contribution in [0.15, 0.2) is 90.0 Å². The van der Waals surface area contributed by atoms with Gasteiger partial charge in [-0.15, -0.1) is 5.10 Å². The van der Waals surface area contributed by atoms with Gasteiger partial charge in [0.15, 0.2) is 5.82 Å². The van der Waals surface area contributed by atoms with Crippen molar-refractivity contribution >= 4 is 23.7 Å². The van der Waals surface area contributed by atoms with Gasteiger partial charge in [-0.2, -0.15) is 5.10 Å². The summed E-state index contributed by atoms with van der Waals surface area (Å²) in [6.45, 7) is 0. The molecule has 1 aromatic heterocycles. The van der Waals surface area contributed by atoms with Gasteiger partial charge in [-0.1, -0.05) is 78.3 Å². The van der Waals surface area contributed by atoms with Crippen molar-refractivity contribution in [3.05, 3.63) is 101 Å². The number of nitrogens with zero attached hydrogens (tertiary/aromatic N) is 4. The molecule has 0 bridgehead atoms. The third kappa shape index (κ3) is 4.23. The summed E-state index contributed by atoms with van der Waals surface area (Å²) in [6.07, 6.45) is 1.48. The average molecular weight is 402 g/mol. The van der Waals surface area contributed by atoms with E-state index in [1.807, 2.05) is 72.8 Å². The molecule has 142 valence electrons. The maximum Gasteiger partial charge on any atom is 0.311 e. The number of benzene rings is 3. The molecule has 7 heteroatoms. The highest BCUT2D eigenvalue weighted by atomic mass is 35.5. The maximum absolute atomic E-state index is 12.6. The lowest BCUT2D eigenvalue weighted by atomic mass is 10.2. The minimum absolute atomic E-state index is 0.0176. The van der Waals surface area contributed by atoms with Gasteiger partial charge in [0.2, 0.25) is 5.82 Å². The van der Waals surface area contributed by atoms with Crippen molar-refractivity contribution in [1.82, 2.24) is 20.2 Å². The normalized spacial score (nSPS) is 10.9. The average Bonchev–Trinajstić information content (AvgIpc) is 3.22. The topological polar surface area (TPSA) is 72.2 Å². The van der Waals surface area contributed by atoms with Gasteiger partial charge in [0.1, 0.15) is 0 Å². The van der Waals surface area contributed by atoms with E-state index in [4.69, 9.17) is 11.6 Å². The molecule has 0 radical (unpaired) electrons. The van der Waals surface area contributed by atoms with Crippen LogP contribution in [0.1, 0.15) is 16.2 Å². The van der Waals surface area contributed by atoms with Gasteiger partial charge in [-0.25, -0.2) is 15.1 Å². The highest BCUT2D eigenvalue weighted by molar-refractivity contribution is 6.33. The van der Waals surface area contributed by atoms with E-state index in [2.05, 4.69) is 20.6 Å². The molecule has 1 amide bonds. The number of rotatable bonds is 5. The Hall–Kier alpha value is -3.77. The number of hydrogen-bond donors (Lipinski definition) is 1. The predicted octanol–water partition coefficient (Wildman–Crippen LogP) is 4.35. The van der Waals surface area contributed by atoms with Crippen molar-refractivity contribution < 1.29 is 4.79 Å². The Kier molecular flexibility index (Phi) is 5.45. The van der Waals surface area contributed by atoms with E-state index < -0.39 is 5.91 Å². The van der Waals surface area contributed by atoms with Gasteiger partial charge in [-0.3, -0.25) is 4.79 Å². The first kappa shape index (κ1) is 18.6. The number of para-hydroxylation sites is 1. The first-order valence-electron chi connectivity index (χ1n) is 8.88. The number of carbonyl (C=O) groups excluding carboxylic acids is 1. The van der Waals surface area contributed by atoms with Crippen LogP contribution < -0.4 is 5.43 Å². The number of nitrogens with one attached hydrogen (secondary N) is 1. The Morgan fingerprint density at radius 1 is 0.931 bits per heavy atom. The van der Waals surface area contributed by atoms with Gasteiger partial charge >= 0.3 is 5.91 Å². The molecule has 29 heavy (non-hydrogen) atoms. The van der Waals surface area contributed by atoms with Crippen LogP contribution in [0.4, 0.5) is 0 Å². The summed E-state index contributed by atoms with van der Waals surface area (Å²) in [6, 6.07) is 26.3. The molecule has 0 saturated carbocycles. The zero-order chi connectivity index (χ0) is 20.1. The van der Waals surface area contributed by atoms with Crippen LogP contribution >= 0.6 is 11.6 Å². The fourth-order valence-electron chi connectivity index (χ4n) is 2.72. The minimum atomic E-state index is -0.514. The molecule has 0 spiro atoms. The van der Waals surface area contributed by atoms with Gasteiger partial charge < -0.3 is 0 Å². The quantitative estimate of drug-likeness (QED) is 0.399. The molecule has 1 heterocycles. The standard InChI is InChI=1S/C22H16ClN5O/c23-19-14-8-7-11-17(19)15-24-26-22(29)20-25-21(16-9-3-1-4-10-16)28(27-20)18-12-5-2-6-13-18/h1-15H,(H,26,29). The summed E-state index contributed by atoms with van der Waals surface area (Å²) in [5.74, 6) is 0.0706. The molecular formula is C22H16ClN5O. The van der Waals surface area contributed by atoms with Crippen molar-refractivity contribution in [3.8, 4) is 17.1 Å². The molecule has 4 rings (SSSR count). The van der Waals surface area contributed by atoms with Crippen LogP contribution in [-0.4, -0.2) is 26.9 Å². The van der Waals surface area contributed by atoms with Crippen LogP contribution in [0.25, 0.3) is 17.1 Å².